The molecule has 136 valence electrons. The lowest BCUT2D eigenvalue weighted by atomic mass is 9.99. The third kappa shape index (κ3) is 4.00. The predicted molar refractivity (Wildman–Crippen MR) is 96.9 cm³/mol. The molecule has 2 aromatic rings. The lowest BCUT2D eigenvalue weighted by Crippen LogP contribution is -2.40. The number of carbonyl (C=O) groups excluding carboxylic acids is 2. The van der Waals surface area contributed by atoms with Crippen LogP contribution in [0.25, 0.3) is 0 Å². The average molecular weight is 372 g/mol. The Morgan fingerprint density at radius 3 is 2.42 bits per heavy atom. The number of likely N-dealkylation sites (tertiary alicyclic amines) is 1. The van der Waals surface area contributed by atoms with Crippen molar-refractivity contribution in [3.05, 3.63) is 65.7 Å². The van der Waals surface area contributed by atoms with E-state index in [0.717, 1.165) is 16.0 Å². The van der Waals surface area contributed by atoms with Crippen molar-refractivity contribution in [2.45, 2.75) is 24.2 Å². The standard InChI is InChI=1S/C19H20N2O4S/c1-14-7-9-17(10-8-14)26(24,25)20-12-19(23)21-13-16(11-18(21)22)15-5-3-2-4-6-15/h2-10,16,20H,11-13H2,1H3. The number of hydrogen-bond acceptors (Lipinski definition) is 4. The molecule has 1 fully saturated rings. The van der Waals surface area contributed by atoms with Crippen LogP contribution >= 0.6 is 0 Å². The predicted octanol–water partition coefficient (Wildman–Crippen LogP) is 1.82. The van der Waals surface area contributed by atoms with E-state index in [1.54, 1.807) is 12.1 Å². The van der Waals surface area contributed by atoms with E-state index >= 15 is 0 Å². The monoisotopic (exact) mass is 372 g/mol. The first-order chi connectivity index (χ1) is 12.4. The zero-order valence-electron chi connectivity index (χ0n) is 14.4. The van der Waals surface area contributed by atoms with Gasteiger partial charge < -0.3 is 0 Å². The lowest BCUT2D eigenvalue weighted by Gasteiger charge is -2.15. The average Bonchev–Trinajstić information content (AvgIpc) is 3.03. The molecule has 1 N–H and O–H groups in total. The Labute approximate surface area is 152 Å². The number of rotatable bonds is 5. The maximum absolute atomic E-state index is 12.3. The number of hydrogen-bond donors (Lipinski definition) is 1. The van der Waals surface area contributed by atoms with Gasteiger partial charge in [-0.1, -0.05) is 48.0 Å². The summed E-state index contributed by atoms with van der Waals surface area (Å²) in [5.74, 6) is -0.871. The molecule has 0 radical (unpaired) electrons. The summed E-state index contributed by atoms with van der Waals surface area (Å²) in [5, 5.41) is 0. The number of sulfonamides is 1. The molecule has 1 heterocycles. The number of nitrogens with zero attached hydrogens (tertiary/aromatic N) is 1. The van der Waals surface area contributed by atoms with E-state index in [4.69, 9.17) is 0 Å². The van der Waals surface area contributed by atoms with Crippen LogP contribution in [0.5, 0.6) is 0 Å². The Kier molecular flexibility index (Phi) is 5.20. The molecule has 2 aromatic carbocycles. The van der Waals surface area contributed by atoms with Gasteiger partial charge in [0, 0.05) is 18.9 Å². The first kappa shape index (κ1) is 18.3. The van der Waals surface area contributed by atoms with Crippen LogP contribution in [0.15, 0.2) is 59.5 Å². The van der Waals surface area contributed by atoms with Gasteiger partial charge in [-0.2, -0.15) is 0 Å². The van der Waals surface area contributed by atoms with Crippen molar-refractivity contribution in [2.75, 3.05) is 13.1 Å². The third-order valence-electron chi connectivity index (χ3n) is 4.44. The van der Waals surface area contributed by atoms with Crippen molar-refractivity contribution in [3.8, 4) is 0 Å². The van der Waals surface area contributed by atoms with Crippen molar-refractivity contribution >= 4 is 21.8 Å². The van der Waals surface area contributed by atoms with E-state index in [-0.39, 0.29) is 29.7 Å². The molecule has 0 aliphatic carbocycles. The Morgan fingerprint density at radius 1 is 1.12 bits per heavy atom. The fourth-order valence-corrected chi connectivity index (χ4v) is 3.92. The van der Waals surface area contributed by atoms with Crippen LogP contribution in [0.2, 0.25) is 0 Å². The van der Waals surface area contributed by atoms with Gasteiger partial charge in [0.1, 0.15) is 0 Å². The molecule has 7 heteroatoms. The number of imide groups is 1. The van der Waals surface area contributed by atoms with Gasteiger partial charge >= 0.3 is 0 Å². The minimum absolute atomic E-state index is 0.0543. The van der Waals surface area contributed by atoms with Crippen LogP contribution in [-0.4, -0.2) is 38.2 Å². The maximum Gasteiger partial charge on any atom is 0.244 e. The number of nitrogens with one attached hydrogen (secondary N) is 1. The van der Waals surface area contributed by atoms with Gasteiger partial charge in [-0.25, -0.2) is 13.1 Å². The van der Waals surface area contributed by atoms with Gasteiger partial charge in [0.25, 0.3) is 0 Å². The second kappa shape index (κ2) is 7.39. The van der Waals surface area contributed by atoms with Gasteiger partial charge in [-0.3, -0.25) is 14.5 Å². The molecule has 0 bridgehead atoms. The van der Waals surface area contributed by atoms with Gasteiger partial charge in [0.05, 0.1) is 11.4 Å². The molecule has 6 nitrogen and oxygen atoms in total. The van der Waals surface area contributed by atoms with Gasteiger partial charge in [-0.05, 0) is 24.6 Å². The molecular formula is C19H20N2O4S. The first-order valence-corrected chi connectivity index (χ1v) is 9.79. The maximum atomic E-state index is 12.3. The normalized spacial score (nSPS) is 17.5. The van der Waals surface area contributed by atoms with Crippen molar-refractivity contribution < 1.29 is 18.0 Å². The first-order valence-electron chi connectivity index (χ1n) is 8.31. The van der Waals surface area contributed by atoms with Crippen LogP contribution in [0.4, 0.5) is 0 Å². The summed E-state index contributed by atoms with van der Waals surface area (Å²) >= 11 is 0. The smallest absolute Gasteiger partial charge is 0.244 e. The highest BCUT2D eigenvalue weighted by molar-refractivity contribution is 7.89. The molecule has 1 aliphatic rings. The van der Waals surface area contributed by atoms with E-state index in [2.05, 4.69) is 4.72 Å². The highest BCUT2D eigenvalue weighted by Gasteiger charge is 2.34. The summed E-state index contributed by atoms with van der Waals surface area (Å²) in [6, 6.07) is 15.8. The summed E-state index contributed by atoms with van der Waals surface area (Å²) in [6.07, 6.45) is 0.250. The Morgan fingerprint density at radius 2 is 1.77 bits per heavy atom. The summed E-state index contributed by atoms with van der Waals surface area (Å²) in [7, 11) is -3.79. The largest absolute Gasteiger partial charge is 0.281 e. The molecule has 1 saturated heterocycles. The second-order valence-electron chi connectivity index (χ2n) is 6.35. The van der Waals surface area contributed by atoms with Crippen molar-refractivity contribution in [1.29, 1.82) is 0 Å². The van der Waals surface area contributed by atoms with E-state index in [1.165, 1.54) is 12.1 Å². The highest BCUT2D eigenvalue weighted by Crippen LogP contribution is 2.27. The summed E-state index contributed by atoms with van der Waals surface area (Å²) in [5.41, 5.74) is 1.94. The Bertz CT molecular complexity index is 908. The van der Waals surface area contributed by atoms with Crippen LogP contribution in [0.1, 0.15) is 23.5 Å². The molecule has 0 saturated carbocycles. The van der Waals surface area contributed by atoms with Gasteiger partial charge in [0.2, 0.25) is 21.8 Å². The van der Waals surface area contributed by atoms with E-state index in [1.807, 2.05) is 37.3 Å². The molecule has 0 spiro atoms. The zero-order valence-corrected chi connectivity index (χ0v) is 15.2. The van der Waals surface area contributed by atoms with Gasteiger partial charge in [0.15, 0.2) is 0 Å². The van der Waals surface area contributed by atoms with Crippen molar-refractivity contribution in [2.24, 2.45) is 0 Å². The summed E-state index contributed by atoms with van der Waals surface area (Å²) in [4.78, 5) is 25.7. The molecule has 1 atom stereocenters. The number of benzene rings is 2. The minimum atomic E-state index is -3.79. The summed E-state index contributed by atoms with van der Waals surface area (Å²) < 4.78 is 26.8. The van der Waals surface area contributed by atoms with Crippen LogP contribution in [-0.2, 0) is 19.6 Å². The van der Waals surface area contributed by atoms with Crippen LogP contribution < -0.4 is 4.72 Å². The molecule has 3 rings (SSSR count). The highest BCUT2D eigenvalue weighted by atomic mass is 32.2. The molecule has 1 aliphatic heterocycles. The molecule has 1 unspecified atom stereocenters. The van der Waals surface area contributed by atoms with Gasteiger partial charge in [-0.15, -0.1) is 0 Å². The number of aryl methyl sites for hydroxylation is 1. The molecule has 26 heavy (non-hydrogen) atoms. The van der Waals surface area contributed by atoms with Crippen LogP contribution in [0, 0.1) is 6.92 Å². The Hall–Kier alpha value is -2.51. The third-order valence-corrected chi connectivity index (χ3v) is 5.86. The number of carbonyl (C=O) groups is 2. The van der Waals surface area contributed by atoms with E-state index < -0.39 is 22.5 Å². The number of amides is 2. The molecule has 0 aromatic heterocycles. The zero-order chi connectivity index (χ0) is 18.7. The SMILES string of the molecule is Cc1ccc(S(=O)(=O)NCC(=O)N2CC(c3ccccc3)CC2=O)cc1. The molecule has 2 amide bonds. The van der Waals surface area contributed by atoms with Crippen molar-refractivity contribution in [3.63, 3.8) is 0 Å². The lowest BCUT2D eigenvalue weighted by molar-refractivity contribution is -0.141. The fourth-order valence-electron chi connectivity index (χ4n) is 2.95. The quantitative estimate of drug-likeness (QED) is 0.868. The fraction of sp³-hybridized carbons (Fsp3) is 0.263. The van der Waals surface area contributed by atoms with E-state index in [0.29, 0.717) is 0 Å². The molecular weight excluding hydrogens is 352 g/mol. The van der Waals surface area contributed by atoms with E-state index in [9.17, 15) is 18.0 Å². The van der Waals surface area contributed by atoms with Crippen LogP contribution in [0.3, 0.4) is 0 Å². The summed E-state index contributed by atoms with van der Waals surface area (Å²) in [6.45, 7) is 1.69. The minimum Gasteiger partial charge on any atom is -0.281 e. The Balaban J connectivity index is 1.63. The second-order valence-corrected chi connectivity index (χ2v) is 8.11. The topological polar surface area (TPSA) is 83.6 Å². The van der Waals surface area contributed by atoms with Crippen molar-refractivity contribution in [1.82, 2.24) is 9.62 Å².